The number of hydrogen-bond acceptors (Lipinski definition) is 6. The highest BCUT2D eigenvalue weighted by molar-refractivity contribution is 6.99. The lowest BCUT2D eigenvalue weighted by atomic mass is 10.1. The number of rotatable bonds is 8. The van der Waals surface area contributed by atoms with Crippen molar-refractivity contribution in [2.75, 3.05) is 13.7 Å². The van der Waals surface area contributed by atoms with E-state index in [0.29, 0.717) is 5.56 Å². The maximum atomic E-state index is 13.4. The van der Waals surface area contributed by atoms with Gasteiger partial charge in [0.25, 0.3) is 8.32 Å². The third-order valence-corrected chi connectivity index (χ3v) is 11.4. The third-order valence-electron chi connectivity index (χ3n) is 6.43. The molecule has 3 aromatic carbocycles. The van der Waals surface area contributed by atoms with E-state index >= 15 is 0 Å². The second kappa shape index (κ2) is 11.4. The molecule has 1 aliphatic rings. The van der Waals surface area contributed by atoms with Crippen LogP contribution in [0.3, 0.4) is 0 Å². The summed E-state index contributed by atoms with van der Waals surface area (Å²) in [5, 5.41) is 1.91. The first-order valence-electron chi connectivity index (χ1n) is 12.2. The smallest absolute Gasteiger partial charge is 0.343 e. The molecule has 0 N–H and O–H groups in total. The van der Waals surface area contributed by atoms with Crippen molar-refractivity contribution >= 4 is 30.4 Å². The molecule has 0 radical (unpaired) electrons. The van der Waals surface area contributed by atoms with E-state index in [1.54, 1.807) is 30.3 Å². The van der Waals surface area contributed by atoms with Crippen LogP contribution in [-0.2, 0) is 23.4 Å². The molecule has 0 spiro atoms. The molecule has 192 valence electrons. The molecule has 2 atom stereocenters. The van der Waals surface area contributed by atoms with Gasteiger partial charge in [0, 0.05) is 13.2 Å². The van der Waals surface area contributed by atoms with Gasteiger partial charge in [-0.3, -0.25) is 4.79 Å². The molecule has 37 heavy (non-hydrogen) atoms. The van der Waals surface area contributed by atoms with Gasteiger partial charge in [-0.2, -0.15) is 0 Å². The zero-order chi connectivity index (χ0) is 26.5. The molecule has 0 saturated heterocycles. The summed E-state index contributed by atoms with van der Waals surface area (Å²) in [4.78, 5) is 26.1. The number of ketones is 1. The zero-order valence-corrected chi connectivity index (χ0v) is 22.5. The minimum absolute atomic E-state index is 0.0216. The number of Topliss-reactive ketones (excluding diaryl/α,β-unsaturated/α-hetero) is 1. The van der Waals surface area contributed by atoms with Crippen molar-refractivity contribution in [1.29, 1.82) is 0 Å². The predicted molar refractivity (Wildman–Crippen MR) is 144 cm³/mol. The molecule has 4 rings (SSSR count). The van der Waals surface area contributed by atoms with E-state index in [1.165, 1.54) is 13.2 Å². The summed E-state index contributed by atoms with van der Waals surface area (Å²) in [6.07, 6.45) is -0.484. The van der Waals surface area contributed by atoms with Crippen molar-refractivity contribution in [2.45, 2.75) is 38.2 Å². The van der Waals surface area contributed by atoms with Crippen LogP contribution >= 0.6 is 0 Å². The lowest BCUT2D eigenvalue weighted by Crippen LogP contribution is -2.67. The fourth-order valence-corrected chi connectivity index (χ4v) is 9.20. The standard InChI is InChI=1S/C30H32O6Si/c1-30(2,3)37(23-16-10-6-11-17-23,24-18-12-7-13-19-24)34-21-26-28(31)25(20-27(33-4)35-26)36-29(32)22-14-8-5-9-15-22/h5-20,26-27H,21H2,1-4H3/t26-,27+/m1/s1. The first-order chi connectivity index (χ1) is 17.8. The summed E-state index contributed by atoms with van der Waals surface area (Å²) in [5.41, 5.74) is 0.344. The number of ether oxygens (including phenoxy) is 3. The van der Waals surface area contributed by atoms with E-state index in [-0.39, 0.29) is 17.4 Å². The molecule has 0 amide bonds. The Morgan fingerprint density at radius 3 is 1.86 bits per heavy atom. The van der Waals surface area contributed by atoms with Gasteiger partial charge in [0.2, 0.25) is 5.78 Å². The highest BCUT2D eigenvalue weighted by atomic mass is 28.4. The van der Waals surface area contributed by atoms with E-state index in [9.17, 15) is 9.59 Å². The van der Waals surface area contributed by atoms with Gasteiger partial charge in [-0.15, -0.1) is 0 Å². The van der Waals surface area contributed by atoms with Crippen molar-refractivity contribution in [2.24, 2.45) is 0 Å². The van der Waals surface area contributed by atoms with Gasteiger partial charge in [0.15, 0.2) is 12.0 Å². The van der Waals surface area contributed by atoms with E-state index < -0.39 is 32.5 Å². The Bertz CT molecular complexity index is 1200. The Morgan fingerprint density at radius 1 is 0.865 bits per heavy atom. The second-order valence-corrected chi connectivity index (χ2v) is 14.2. The minimum atomic E-state index is -2.90. The van der Waals surface area contributed by atoms with Crippen LogP contribution in [0.1, 0.15) is 31.1 Å². The Kier molecular flexibility index (Phi) is 8.19. The SMILES string of the molecule is CO[C@@H]1C=C(OC(=O)c2ccccc2)C(=O)[C@@H](CO[Si](c2ccccc2)(c2ccccc2)C(C)(C)C)O1. The van der Waals surface area contributed by atoms with Gasteiger partial charge < -0.3 is 18.6 Å². The molecular formula is C30H32O6Si. The normalized spacial score (nSPS) is 18.3. The van der Waals surface area contributed by atoms with E-state index in [0.717, 1.165) is 10.4 Å². The van der Waals surface area contributed by atoms with Crippen molar-refractivity contribution < 1.29 is 28.2 Å². The lowest BCUT2D eigenvalue weighted by Gasteiger charge is -2.43. The van der Waals surface area contributed by atoms with Crippen LogP contribution in [0.5, 0.6) is 0 Å². The Hall–Kier alpha value is -3.36. The summed E-state index contributed by atoms with van der Waals surface area (Å²) < 4.78 is 23.6. The van der Waals surface area contributed by atoms with Gasteiger partial charge >= 0.3 is 5.97 Å². The number of benzene rings is 3. The second-order valence-electron chi connectivity index (χ2n) is 9.85. The molecule has 7 heteroatoms. The van der Waals surface area contributed by atoms with Crippen molar-refractivity contribution in [3.8, 4) is 0 Å². The molecule has 0 aliphatic carbocycles. The summed E-state index contributed by atoms with van der Waals surface area (Å²) in [6, 6.07) is 28.8. The number of carbonyl (C=O) groups is 2. The van der Waals surface area contributed by atoms with Gasteiger partial charge in [0.05, 0.1) is 12.2 Å². The average molecular weight is 517 g/mol. The first-order valence-corrected chi connectivity index (χ1v) is 14.1. The van der Waals surface area contributed by atoms with Gasteiger partial charge in [-0.1, -0.05) is 99.6 Å². The number of methoxy groups -OCH3 is 1. The topological polar surface area (TPSA) is 71.1 Å². The number of hydrogen-bond donors (Lipinski definition) is 0. The zero-order valence-electron chi connectivity index (χ0n) is 21.5. The number of esters is 1. The summed E-state index contributed by atoms with van der Waals surface area (Å²) in [6.45, 7) is 6.46. The quantitative estimate of drug-likeness (QED) is 0.329. The van der Waals surface area contributed by atoms with Crippen molar-refractivity contribution in [3.63, 3.8) is 0 Å². The molecule has 0 unspecified atom stereocenters. The fourth-order valence-electron chi connectivity index (χ4n) is 4.65. The highest BCUT2D eigenvalue weighted by Gasteiger charge is 2.51. The van der Waals surface area contributed by atoms with Gasteiger partial charge in [0.1, 0.15) is 6.10 Å². The lowest BCUT2D eigenvalue weighted by molar-refractivity contribution is -0.165. The van der Waals surface area contributed by atoms with E-state index in [4.69, 9.17) is 18.6 Å². The average Bonchev–Trinajstić information content (AvgIpc) is 2.91. The molecule has 6 nitrogen and oxygen atoms in total. The van der Waals surface area contributed by atoms with Crippen LogP contribution in [0.2, 0.25) is 5.04 Å². The van der Waals surface area contributed by atoms with E-state index in [2.05, 4.69) is 45.0 Å². The highest BCUT2D eigenvalue weighted by Crippen LogP contribution is 2.37. The van der Waals surface area contributed by atoms with Crippen LogP contribution in [0.15, 0.2) is 103 Å². The molecule has 0 aromatic heterocycles. The molecule has 0 fully saturated rings. The van der Waals surface area contributed by atoms with Crippen molar-refractivity contribution in [1.82, 2.24) is 0 Å². The van der Waals surface area contributed by atoms with Crippen LogP contribution in [0.4, 0.5) is 0 Å². The predicted octanol–water partition coefficient (Wildman–Crippen LogP) is 4.24. The first kappa shape index (κ1) is 26.7. The molecule has 3 aromatic rings. The maximum absolute atomic E-state index is 13.4. The third kappa shape index (κ3) is 5.65. The van der Waals surface area contributed by atoms with Crippen LogP contribution in [0, 0.1) is 0 Å². The molecule has 1 aliphatic heterocycles. The van der Waals surface area contributed by atoms with Gasteiger partial charge in [-0.25, -0.2) is 4.79 Å². The van der Waals surface area contributed by atoms with Crippen LogP contribution in [-0.4, -0.2) is 46.2 Å². The summed E-state index contributed by atoms with van der Waals surface area (Å²) >= 11 is 0. The van der Waals surface area contributed by atoms with Gasteiger partial charge in [-0.05, 0) is 27.5 Å². The summed E-state index contributed by atoms with van der Waals surface area (Å²) in [5.74, 6) is -1.19. The molecular weight excluding hydrogens is 484 g/mol. The maximum Gasteiger partial charge on any atom is 0.343 e. The monoisotopic (exact) mass is 516 g/mol. The van der Waals surface area contributed by atoms with Crippen molar-refractivity contribution in [3.05, 3.63) is 108 Å². The molecule has 0 bridgehead atoms. The summed E-state index contributed by atoms with van der Waals surface area (Å²) in [7, 11) is -1.44. The molecule has 1 heterocycles. The van der Waals surface area contributed by atoms with E-state index in [1.807, 2.05) is 36.4 Å². The number of carbonyl (C=O) groups excluding carboxylic acids is 2. The minimum Gasteiger partial charge on any atom is -0.419 e. The van der Waals surface area contributed by atoms with Crippen LogP contribution < -0.4 is 10.4 Å². The Morgan fingerprint density at radius 2 is 1.38 bits per heavy atom. The Labute approximate surface area is 219 Å². The molecule has 0 saturated carbocycles. The fraction of sp³-hybridized carbons (Fsp3) is 0.267. The van der Waals surface area contributed by atoms with Crippen LogP contribution in [0.25, 0.3) is 0 Å². The Balaban J connectivity index is 1.64. The largest absolute Gasteiger partial charge is 0.419 e.